The van der Waals surface area contributed by atoms with Crippen molar-refractivity contribution >= 4 is 12.0 Å². The van der Waals surface area contributed by atoms with E-state index >= 15 is 0 Å². The fourth-order valence-electron chi connectivity index (χ4n) is 4.50. The van der Waals surface area contributed by atoms with Crippen molar-refractivity contribution in [2.24, 2.45) is 5.41 Å². The fourth-order valence-corrected chi connectivity index (χ4v) is 4.50. The van der Waals surface area contributed by atoms with E-state index in [0.29, 0.717) is 16.8 Å². The van der Waals surface area contributed by atoms with E-state index in [9.17, 15) is 14.0 Å². The molecule has 6 nitrogen and oxygen atoms in total. The van der Waals surface area contributed by atoms with Gasteiger partial charge in [-0.2, -0.15) is 0 Å². The van der Waals surface area contributed by atoms with Gasteiger partial charge in [-0.1, -0.05) is 12.1 Å². The Bertz CT molecular complexity index is 992. The first kappa shape index (κ1) is 22.2. The Balaban J connectivity index is 1.27. The van der Waals surface area contributed by atoms with Crippen LogP contribution in [0.25, 0.3) is 11.3 Å². The number of ether oxygens (including phenoxy) is 1. The molecule has 2 fully saturated rings. The Morgan fingerprint density at radius 2 is 1.88 bits per heavy atom. The number of aromatic nitrogens is 1. The van der Waals surface area contributed by atoms with E-state index in [2.05, 4.69) is 15.6 Å². The monoisotopic (exact) mass is 439 g/mol. The van der Waals surface area contributed by atoms with Gasteiger partial charge >= 0.3 is 6.09 Å². The summed E-state index contributed by atoms with van der Waals surface area (Å²) >= 11 is 0. The van der Waals surface area contributed by atoms with E-state index in [4.69, 9.17) is 4.74 Å². The third-order valence-electron chi connectivity index (χ3n) is 6.34. The lowest BCUT2D eigenvalue weighted by Crippen LogP contribution is -2.42. The predicted molar refractivity (Wildman–Crippen MR) is 120 cm³/mol. The Morgan fingerprint density at radius 3 is 2.50 bits per heavy atom. The van der Waals surface area contributed by atoms with Crippen LogP contribution in [-0.2, 0) is 4.74 Å². The number of halogens is 1. The molecule has 0 saturated heterocycles. The van der Waals surface area contributed by atoms with Crippen LogP contribution < -0.4 is 10.6 Å². The maximum atomic E-state index is 13.4. The quantitative estimate of drug-likeness (QED) is 0.714. The van der Waals surface area contributed by atoms with Crippen LogP contribution in [0.2, 0.25) is 0 Å². The van der Waals surface area contributed by atoms with Crippen molar-refractivity contribution in [3.05, 3.63) is 54.0 Å². The van der Waals surface area contributed by atoms with Gasteiger partial charge in [0.1, 0.15) is 11.4 Å². The average molecular weight is 440 g/mol. The number of hydrogen-bond donors (Lipinski definition) is 2. The molecule has 32 heavy (non-hydrogen) atoms. The number of hydrogen-bond acceptors (Lipinski definition) is 4. The van der Waals surface area contributed by atoms with Crippen LogP contribution in [0.3, 0.4) is 0 Å². The molecule has 1 unspecified atom stereocenters. The first-order valence-electron chi connectivity index (χ1n) is 11.2. The molecule has 2 aliphatic carbocycles. The van der Waals surface area contributed by atoms with Gasteiger partial charge in [0.15, 0.2) is 0 Å². The summed E-state index contributed by atoms with van der Waals surface area (Å²) in [4.78, 5) is 29.0. The van der Waals surface area contributed by atoms with E-state index in [1.165, 1.54) is 18.3 Å². The lowest BCUT2D eigenvalue weighted by molar-refractivity contribution is 0.0484. The molecule has 2 N–H and O–H groups in total. The molecule has 1 aromatic carbocycles. The van der Waals surface area contributed by atoms with Crippen molar-refractivity contribution in [1.29, 1.82) is 0 Å². The first-order chi connectivity index (χ1) is 15.1. The van der Waals surface area contributed by atoms with Gasteiger partial charge in [0.05, 0.1) is 11.3 Å². The van der Waals surface area contributed by atoms with Gasteiger partial charge in [0, 0.05) is 23.8 Å². The van der Waals surface area contributed by atoms with Crippen molar-refractivity contribution < 1.29 is 18.7 Å². The van der Waals surface area contributed by atoms with E-state index in [1.54, 1.807) is 24.3 Å². The fraction of sp³-hybridized carbons (Fsp3) is 0.480. The summed E-state index contributed by atoms with van der Waals surface area (Å²) in [6, 6.07) is 9.96. The maximum Gasteiger partial charge on any atom is 0.407 e. The largest absolute Gasteiger partial charge is 0.444 e. The molecular weight excluding hydrogens is 409 g/mol. The highest BCUT2D eigenvalue weighted by atomic mass is 19.1. The molecule has 2 saturated carbocycles. The highest BCUT2D eigenvalue weighted by molar-refractivity contribution is 5.94. The van der Waals surface area contributed by atoms with Crippen LogP contribution in [0, 0.1) is 11.2 Å². The van der Waals surface area contributed by atoms with Crippen LogP contribution in [0.4, 0.5) is 9.18 Å². The van der Waals surface area contributed by atoms with Crippen molar-refractivity contribution in [3.63, 3.8) is 0 Å². The molecule has 2 aliphatic rings. The highest BCUT2D eigenvalue weighted by Gasteiger charge is 2.55. The molecule has 2 amide bonds. The van der Waals surface area contributed by atoms with E-state index in [-0.39, 0.29) is 35.3 Å². The second-order valence-electron chi connectivity index (χ2n) is 9.96. The zero-order chi connectivity index (χ0) is 22.9. The highest BCUT2D eigenvalue weighted by Crippen LogP contribution is 2.56. The van der Waals surface area contributed by atoms with Crippen LogP contribution in [0.1, 0.15) is 63.2 Å². The van der Waals surface area contributed by atoms with Crippen LogP contribution >= 0.6 is 0 Å². The molecule has 170 valence electrons. The van der Waals surface area contributed by atoms with E-state index < -0.39 is 5.60 Å². The number of carbonyl (C=O) groups is 2. The lowest BCUT2D eigenvalue weighted by Gasteiger charge is -2.31. The number of pyridine rings is 1. The zero-order valence-electron chi connectivity index (χ0n) is 18.8. The van der Waals surface area contributed by atoms with Gasteiger partial charge in [-0.3, -0.25) is 9.78 Å². The molecule has 1 spiro atoms. The summed E-state index contributed by atoms with van der Waals surface area (Å²) < 4.78 is 18.8. The summed E-state index contributed by atoms with van der Waals surface area (Å²) in [5.41, 5.74) is 1.43. The molecule has 1 heterocycles. The molecular formula is C25H30FN3O3. The van der Waals surface area contributed by atoms with Crippen molar-refractivity contribution in [2.75, 3.05) is 0 Å². The second-order valence-corrected chi connectivity index (χ2v) is 9.96. The number of carbonyl (C=O) groups excluding carboxylic acids is 2. The molecule has 7 heteroatoms. The Labute approximate surface area is 188 Å². The van der Waals surface area contributed by atoms with Crippen LogP contribution in [0.5, 0.6) is 0 Å². The molecule has 0 aliphatic heterocycles. The van der Waals surface area contributed by atoms with Crippen molar-refractivity contribution in [2.45, 2.75) is 70.6 Å². The summed E-state index contributed by atoms with van der Waals surface area (Å²) in [6.45, 7) is 5.55. The van der Waals surface area contributed by atoms with E-state index in [0.717, 1.165) is 32.1 Å². The lowest BCUT2D eigenvalue weighted by atomic mass is 9.83. The van der Waals surface area contributed by atoms with Crippen molar-refractivity contribution in [3.8, 4) is 11.3 Å². The minimum atomic E-state index is -0.504. The topological polar surface area (TPSA) is 80.3 Å². The molecule has 0 bridgehead atoms. The van der Waals surface area contributed by atoms with Gasteiger partial charge in [0.25, 0.3) is 5.91 Å². The Morgan fingerprint density at radius 1 is 1.12 bits per heavy atom. The molecule has 1 atom stereocenters. The minimum absolute atomic E-state index is 0.118. The van der Waals surface area contributed by atoms with Gasteiger partial charge in [-0.15, -0.1) is 0 Å². The molecule has 4 rings (SSSR count). The van der Waals surface area contributed by atoms with Crippen LogP contribution in [0.15, 0.2) is 42.6 Å². The maximum absolute atomic E-state index is 13.4. The molecule has 0 radical (unpaired) electrons. The number of amides is 2. The van der Waals surface area contributed by atoms with Crippen molar-refractivity contribution in [1.82, 2.24) is 15.6 Å². The second kappa shape index (κ2) is 8.52. The minimum Gasteiger partial charge on any atom is -0.444 e. The number of benzene rings is 1. The third-order valence-corrected chi connectivity index (χ3v) is 6.34. The van der Waals surface area contributed by atoms with Crippen LogP contribution in [-0.4, -0.2) is 34.7 Å². The Hall–Kier alpha value is -2.96. The number of rotatable bonds is 4. The van der Waals surface area contributed by atoms with Gasteiger partial charge in [-0.05, 0) is 82.6 Å². The third kappa shape index (κ3) is 5.26. The molecule has 1 aromatic heterocycles. The summed E-state index contributed by atoms with van der Waals surface area (Å²) in [7, 11) is 0. The van der Waals surface area contributed by atoms with E-state index in [1.807, 2.05) is 20.8 Å². The first-order valence-corrected chi connectivity index (χ1v) is 11.2. The van der Waals surface area contributed by atoms with Gasteiger partial charge < -0.3 is 15.4 Å². The van der Waals surface area contributed by atoms with Gasteiger partial charge in [-0.25, -0.2) is 9.18 Å². The number of alkyl carbamates (subject to hydrolysis) is 1. The summed E-state index contributed by atoms with van der Waals surface area (Å²) in [5.74, 6) is -0.458. The SMILES string of the molecule is CC(C)(C)OC(=O)NC1CCC2(CC1)CC2NC(=O)c1ccc(-c2cccc(F)c2)nc1. The smallest absolute Gasteiger partial charge is 0.407 e. The summed E-state index contributed by atoms with van der Waals surface area (Å²) in [5, 5.41) is 6.10. The molecule has 2 aromatic rings. The predicted octanol–water partition coefficient (Wildman–Crippen LogP) is 4.84. The number of nitrogens with one attached hydrogen (secondary N) is 2. The normalized spacial score (nSPS) is 24.6. The van der Waals surface area contributed by atoms with Gasteiger partial charge in [0.2, 0.25) is 0 Å². The average Bonchev–Trinajstić information content (AvgIpc) is 3.39. The Kier molecular flexibility index (Phi) is 5.93. The standard InChI is InChI=1S/C25H30FN3O3/c1-24(2,3)32-23(31)28-19-9-11-25(12-10-19)14-21(25)29-22(30)17-7-8-20(27-15-17)16-5-4-6-18(26)13-16/h4-8,13,15,19,21H,9-12,14H2,1-3H3,(H,28,31)(H,29,30). The summed E-state index contributed by atoms with van der Waals surface area (Å²) in [6.07, 6.45) is 5.84. The number of nitrogens with zero attached hydrogens (tertiary/aromatic N) is 1. The zero-order valence-corrected chi connectivity index (χ0v) is 18.8.